The molecule has 0 saturated heterocycles. The molecule has 4 nitrogen and oxygen atoms in total. The van der Waals surface area contributed by atoms with Gasteiger partial charge in [-0.25, -0.2) is 0 Å². The lowest BCUT2D eigenvalue weighted by Gasteiger charge is -2.11. The Labute approximate surface area is 122 Å². The molecule has 1 aromatic rings. The third kappa shape index (κ3) is 1.79. The first-order valence-corrected chi connectivity index (χ1v) is 8.17. The van der Waals surface area contributed by atoms with Crippen LogP contribution in [0, 0.1) is 29.1 Å². The number of hydrogen-bond donors (Lipinski definition) is 2. The van der Waals surface area contributed by atoms with Gasteiger partial charge in [-0.1, -0.05) is 6.42 Å². The number of amides is 1. The van der Waals surface area contributed by atoms with E-state index in [9.17, 15) is 10.1 Å². The zero-order valence-electron chi connectivity index (χ0n) is 11.2. The SMILES string of the molecule is N#Cc1c(NC(=O)C2C3CCCC32)sc2c1CCNC2. The molecule has 1 aliphatic heterocycles. The molecule has 0 radical (unpaired) electrons. The number of nitrogens with zero attached hydrogens (tertiary/aromatic N) is 1. The molecule has 104 valence electrons. The number of carbonyl (C=O) groups excluding carboxylic acids is 1. The first-order chi connectivity index (χ1) is 9.79. The zero-order valence-corrected chi connectivity index (χ0v) is 12.1. The van der Waals surface area contributed by atoms with Gasteiger partial charge in [0.2, 0.25) is 5.91 Å². The van der Waals surface area contributed by atoms with Crippen LogP contribution in [0.3, 0.4) is 0 Å². The fraction of sp³-hybridized carbons (Fsp3) is 0.600. The number of nitrogens with one attached hydrogen (secondary N) is 2. The van der Waals surface area contributed by atoms with E-state index in [2.05, 4.69) is 16.7 Å². The number of hydrogen-bond acceptors (Lipinski definition) is 4. The van der Waals surface area contributed by atoms with Gasteiger partial charge in [-0.2, -0.15) is 5.26 Å². The second-order valence-electron chi connectivity index (χ2n) is 6.02. The van der Waals surface area contributed by atoms with Crippen LogP contribution in [0.25, 0.3) is 0 Å². The van der Waals surface area contributed by atoms with Gasteiger partial charge in [-0.05, 0) is 43.2 Å². The van der Waals surface area contributed by atoms with Crippen molar-refractivity contribution in [3.63, 3.8) is 0 Å². The summed E-state index contributed by atoms with van der Waals surface area (Å²) in [5.74, 6) is 1.60. The molecule has 20 heavy (non-hydrogen) atoms. The van der Waals surface area contributed by atoms with Gasteiger partial charge in [-0.3, -0.25) is 4.79 Å². The van der Waals surface area contributed by atoms with E-state index in [-0.39, 0.29) is 11.8 Å². The van der Waals surface area contributed by atoms with Crippen molar-refractivity contribution in [3.8, 4) is 6.07 Å². The molecule has 5 heteroatoms. The van der Waals surface area contributed by atoms with Gasteiger partial charge in [0.25, 0.3) is 0 Å². The van der Waals surface area contributed by atoms with Gasteiger partial charge >= 0.3 is 0 Å². The Bertz CT molecular complexity index is 605. The fourth-order valence-corrected chi connectivity index (χ4v) is 5.12. The maximum atomic E-state index is 12.3. The minimum atomic E-state index is 0.141. The number of nitriles is 1. The van der Waals surface area contributed by atoms with Crippen LogP contribution in [0.4, 0.5) is 5.00 Å². The highest BCUT2D eigenvalue weighted by molar-refractivity contribution is 7.16. The molecule has 2 atom stereocenters. The van der Waals surface area contributed by atoms with E-state index >= 15 is 0 Å². The molecule has 2 fully saturated rings. The lowest BCUT2D eigenvalue weighted by atomic mass is 10.0. The molecule has 2 aliphatic carbocycles. The molecule has 0 aromatic carbocycles. The summed E-state index contributed by atoms with van der Waals surface area (Å²) in [7, 11) is 0. The molecule has 3 aliphatic rings. The predicted molar refractivity (Wildman–Crippen MR) is 77.4 cm³/mol. The van der Waals surface area contributed by atoms with Gasteiger partial charge in [0.15, 0.2) is 0 Å². The number of carbonyl (C=O) groups is 1. The van der Waals surface area contributed by atoms with Crippen LogP contribution in [0.15, 0.2) is 0 Å². The molecular weight excluding hydrogens is 270 g/mol. The highest BCUT2D eigenvalue weighted by atomic mass is 32.1. The van der Waals surface area contributed by atoms with Gasteiger partial charge in [0.1, 0.15) is 11.1 Å². The van der Waals surface area contributed by atoms with Crippen molar-refractivity contribution >= 4 is 22.2 Å². The topological polar surface area (TPSA) is 64.9 Å². The largest absolute Gasteiger partial charge is 0.316 e. The average Bonchev–Trinajstić information content (AvgIpc) is 2.83. The molecule has 2 saturated carbocycles. The zero-order chi connectivity index (χ0) is 13.7. The maximum absolute atomic E-state index is 12.3. The first kappa shape index (κ1) is 12.4. The number of fused-ring (bicyclic) bond motifs is 2. The van der Waals surface area contributed by atoms with E-state index in [1.54, 1.807) is 11.3 Å². The lowest BCUT2D eigenvalue weighted by Crippen LogP contribution is -2.22. The summed E-state index contributed by atoms with van der Waals surface area (Å²) >= 11 is 1.57. The minimum absolute atomic E-state index is 0.141. The van der Waals surface area contributed by atoms with Crippen LogP contribution in [-0.2, 0) is 17.8 Å². The summed E-state index contributed by atoms with van der Waals surface area (Å²) in [6.45, 7) is 1.73. The standard InChI is InChI=1S/C15H17N3OS/c16-6-11-8-4-5-17-7-12(8)20-15(11)18-14(19)13-9-2-1-3-10(9)13/h9-10,13,17H,1-5,7H2,(H,18,19). The summed E-state index contributed by atoms with van der Waals surface area (Å²) in [6, 6.07) is 2.29. The fourth-order valence-electron chi connectivity index (χ4n) is 3.95. The molecular formula is C15H17N3OS. The molecule has 2 N–H and O–H groups in total. The Morgan fingerprint density at radius 1 is 1.40 bits per heavy atom. The van der Waals surface area contributed by atoms with Gasteiger partial charge in [-0.15, -0.1) is 11.3 Å². The number of anilines is 1. The third-order valence-electron chi connectivity index (χ3n) is 4.99. The third-order valence-corrected chi connectivity index (χ3v) is 6.13. The van der Waals surface area contributed by atoms with E-state index in [0.29, 0.717) is 17.4 Å². The number of thiophene rings is 1. The summed E-state index contributed by atoms with van der Waals surface area (Å²) < 4.78 is 0. The van der Waals surface area contributed by atoms with Gasteiger partial charge in [0, 0.05) is 17.3 Å². The van der Waals surface area contributed by atoms with Gasteiger partial charge < -0.3 is 10.6 Å². The second-order valence-corrected chi connectivity index (χ2v) is 7.13. The first-order valence-electron chi connectivity index (χ1n) is 7.36. The van der Waals surface area contributed by atoms with E-state index in [0.717, 1.165) is 30.1 Å². The molecule has 2 heterocycles. The van der Waals surface area contributed by atoms with E-state index in [1.165, 1.54) is 24.1 Å². The predicted octanol–water partition coefficient (Wildman–Crippen LogP) is 2.25. The van der Waals surface area contributed by atoms with Crippen LogP contribution >= 0.6 is 11.3 Å². The second kappa shape index (κ2) is 4.57. The maximum Gasteiger partial charge on any atom is 0.228 e. The summed E-state index contributed by atoms with van der Waals surface area (Å²) in [4.78, 5) is 13.5. The quantitative estimate of drug-likeness (QED) is 0.877. The molecule has 1 aromatic heterocycles. The van der Waals surface area contributed by atoms with Crippen LogP contribution in [-0.4, -0.2) is 12.5 Å². The molecule has 1 amide bonds. The normalized spacial score (nSPS) is 30.2. The van der Waals surface area contributed by atoms with Crippen molar-refractivity contribution in [2.45, 2.75) is 32.2 Å². The number of rotatable bonds is 2. The highest BCUT2D eigenvalue weighted by Crippen LogP contribution is 2.57. The molecule has 0 spiro atoms. The molecule has 0 bridgehead atoms. The molecule has 2 unspecified atom stereocenters. The van der Waals surface area contributed by atoms with Gasteiger partial charge in [0.05, 0.1) is 5.56 Å². The van der Waals surface area contributed by atoms with Crippen molar-refractivity contribution in [1.82, 2.24) is 5.32 Å². The minimum Gasteiger partial charge on any atom is -0.316 e. The van der Waals surface area contributed by atoms with Crippen molar-refractivity contribution in [1.29, 1.82) is 5.26 Å². The van der Waals surface area contributed by atoms with Crippen molar-refractivity contribution in [2.75, 3.05) is 11.9 Å². The Balaban J connectivity index is 1.55. The Morgan fingerprint density at radius 2 is 2.20 bits per heavy atom. The van der Waals surface area contributed by atoms with E-state index in [4.69, 9.17) is 0 Å². The Hall–Kier alpha value is -1.38. The highest BCUT2D eigenvalue weighted by Gasteiger charge is 2.56. The summed E-state index contributed by atoms with van der Waals surface area (Å²) in [5.41, 5.74) is 1.84. The lowest BCUT2D eigenvalue weighted by molar-refractivity contribution is -0.118. The Kier molecular flexibility index (Phi) is 2.83. The average molecular weight is 287 g/mol. The summed E-state index contributed by atoms with van der Waals surface area (Å²) in [6.07, 6.45) is 4.58. The van der Waals surface area contributed by atoms with Crippen LogP contribution in [0.2, 0.25) is 0 Å². The monoisotopic (exact) mass is 287 g/mol. The molecule has 4 rings (SSSR count). The van der Waals surface area contributed by atoms with Crippen molar-refractivity contribution in [3.05, 3.63) is 16.0 Å². The van der Waals surface area contributed by atoms with Crippen LogP contribution in [0.5, 0.6) is 0 Å². The van der Waals surface area contributed by atoms with Crippen molar-refractivity contribution in [2.24, 2.45) is 17.8 Å². The Morgan fingerprint density at radius 3 is 2.95 bits per heavy atom. The van der Waals surface area contributed by atoms with Crippen LogP contribution in [0.1, 0.15) is 35.3 Å². The van der Waals surface area contributed by atoms with E-state index in [1.807, 2.05) is 0 Å². The van der Waals surface area contributed by atoms with E-state index < -0.39 is 0 Å². The van der Waals surface area contributed by atoms with Crippen LogP contribution < -0.4 is 10.6 Å². The summed E-state index contributed by atoms with van der Waals surface area (Å²) in [5, 5.41) is 16.5. The van der Waals surface area contributed by atoms with Crippen molar-refractivity contribution < 1.29 is 4.79 Å². The smallest absolute Gasteiger partial charge is 0.228 e.